The van der Waals surface area contributed by atoms with Crippen molar-refractivity contribution in [3.8, 4) is 17.1 Å². The minimum atomic E-state index is 0.743. The molecule has 0 unspecified atom stereocenters. The zero-order chi connectivity index (χ0) is 19.3. The number of pyridine rings is 1. The summed E-state index contributed by atoms with van der Waals surface area (Å²) in [5.74, 6) is 1.57. The molecule has 0 bridgehead atoms. The molecular weight excluding hydrogens is 388 g/mol. The molecule has 0 saturated heterocycles. The Bertz CT molecular complexity index is 1060. The molecule has 28 heavy (non-hydrogen) atoms. The number of aryl methyl sites for hydroxylation is 1. The van der Waals surface area contributed by atoms with E-state index in [2.05, 4.69) is 57.0 Å². The summed E-state index contributed by atoms with van der Waals surface area (Å²) >= 11 is 7.76. The number of halogens is 1. The van der Waals surface area contributed by atoms with Gasteiger partial charge >= 0.3 is 0 Å². The van der Waals surface area contributed by atoms with Crippen molar-refractivity contribution in [2.45, 2.75) is 24.3 Å². The van der Waals surface area contributed by atoms with Gasteiger partial charge in [-0.3, -0.25) is 9.55 Å². The van der Waals surface area contributed by atoms with Gasteiger partial charge in [0.15, 0.2) is 11.0 Å². The van der Waals surface area contributed by atoms with E-state index in [1.54, 1.807) is 24.2 Å². The van der Waals surface area contributed by atoms with E-state index in [9.17, 15) is 0 Å². The standard InChI is InChI=1S/C22H19ClN4S/c1-2-16-6-8-20(9-7-16)27-21(18-10-12-24-13-11-18)25-26-22(27)28-15-17-4-3-5-19(23)14-17/h3-14H,2,15H2,1H3. The summed E-state index contributed by atoms with van der Waals surface area (Å²) in [5.41, 5.74) is 4.48. The molecule has 4 rings (SSSR count). The summed E-state index contributed by atoms with van der Waals surface area (Å²) in [6, 6.07) is 20.3. The zero-order valence-electron chi connectivity index (χ0n) is 15.4. The Morgan fingerprint density at radius 3 is 2.43 bits per heavy atom. The van der Waals surface area contributed by atoms with Crippen molar-refractivity contribution in [2.24, 2.45) is 0 Å². The van der Waals surface area contributed by atoms with E-state index in [4.69, 9.17) is 11.6 Å². The lowest BCUT2D eigenvalue weighted by Crippen LogP contribution is -2.00. The normalized spacial score (nSPS) is 10.9. The number of hydrogen-bond donors (Lipinski definition) is 0. The van der Waals surface area contributed by atoms with E-state index in [1.807, 2.05) is 30.3 Å². The minimum Gasteiger partial charge on any atom is -0.270 e. The maximum Gasteiger partial charge on any atom is 0.196 e. The van der Waals surface area contributed by atoms with Crippen LogP contribution in [0.4, 0.5) is 0 Å². The van der Waals surface area contributed by atoms with Gasteiger partial charge in [-0.25, -0.2) is 0 Å². The first-order valence-electron chi connectivity index (χ1n) is 9.07. The van der Waals surface area contributed by atoms with Gasteiger partial charge in [0.25, 0.3) is 0 Å². The lowest BCUT2D eigenvalue weighted by atomic mass is 10.1. The van der Waals surface area contributed by atoms with Crippen LogP contribution in [0.2, 0.25) is 5.02 Å². The fourth-order valence-corrected chi connectivity index (χ4v) is 4.05. The van der Waals surface area contributed by atoms with Gasteiger partial charge in [-0.05, 0) is 53.9 Å². The number of benzene rings is 2. The Labute approximate surface area is 173 Å². The second-order valence-corrected chi connectivity index (χ2v) is 7.70. The molecule has 4 nitrogen and oxygen atoms in total. The molecule has 2 aromatic carbocycles. The number of hydrogen-bond acceptors (Lipinski definition) is 4. The summed E-state index contributed by atoms with van der Waals surface area (Å²) in [5, 5.41) is 10.5. The molecule has 140 valence electrons. The first-order chi connectivity index (χ1) is 13.7. The van der Waals surface area contributed by atoms with Crippen LogP contribution in [0.15, 0.2) is 78.2 Å². The predicted molar refractivity (Wildman–Crippen MR) is 115 cm³/mol. The fraction of sp³-hybridized carbons (Fsp3) is 0.136. The van der Waals surface area contributed by atoms with Crippen LogP contribution in [0.25, 0.3) is 17.1 Å². The highest BCUT2D eigenvalue weighted by Gasteiger charge is 2.16. The third-order valence-electron chi connectivity index (χ3n) is 4.43. The van der Waals surface area contributed by atoms with Crippen LogP contribution in [0.3, 0.4) is 0 Å². The smallest absolute Gasteiger partial charge is 0.196 e. The van der Waals surface area contributed by atoms with Crippen molar-refractivity contribution < 1.29 is 0 Å². The van der Waals surface area contributed by atoms with Crippen LogP contribution in [0.1, 0.15) is 18.1 Å². The second-order valence-electron chi connectivity index (χ2n) is 6.32. The van der Waals surface area contributed by atoms with Gasteiger partial charge in [0.05, 0.1) is 0 Å². The second kappa shape index (κ2) is 8.59. The van der Waals surface area contributed by atoms with Gasteiger partial charge < -0.3 is 0 Å². The maximum atomic E-state index is 6.12. The van der Waals surface area contributed by atoms with E-state index in [0.29, 0.717) is 0 Å². The summed E-state index contributed by atoms with van der Waals surface area (Å²) in [6.45, 7) is 2.16. The first-order valence-corrected chi connectivity index (χ1v) is 10.4. The number of aromatic nitrogens is 4. The van der Waals surface area contributed by atoms with Gasteiger partial charge in [0.2, 0.25) is 0 Å². The lowest BCUT2D eigenvalue weighted by Gasteiger charge is -2.11. The monoisotopic (exact) mass is 406 g/mol. The molecule has 0 aliphatic heterocycles. The highest BCUT2D eigenvalue weighted by Crippen LogP contribution is 2.30. The molecule has 0 radical (unpaired) electrons. The Morgan fingerprint density at radius 1 is 0.929 bits per heavy atom. The predicted octanol–water partition coefficient (Wildman–Crippen LogP) is 5.84. The molecule has 4 aromatic rings. The van der Waals surface area contributed by atoms with Crippen molar-refractivity contribution >= 4 is 23.4 Å². The maximum absolute atomic E-state index is 6.12. The molecule has 0 N–H and O–H groups in total. The van der Waals surface area contributed by atoms with Gasteiger partial charge in [0.1, 0.15) is 0 Å². The molecule has 0 amide bonds. The number of rotatable bonds is 6. The van der Waals surface area contributed by atoms with Crippen LogP contribution in [-0.2, 0) is 12.2 Å². The van der Waals surface area contributed by atoms with Crippen LogP contribution in [0, 0.1) is 0 Å². The lowest BCUT2D eigenvalue weighted by molar-refractivity contribution is 0.885. The topological polar surface area (TPSA) is 43.6 Å². The zero-order valence-corrected chi connectivity index (χ0v) is 17.0. The quantitative estimate of drug-likeness (QED) is 0.377. The van der Waals surface area contributed by atoms with Crippen LogP contribution in [0.5, 0.6) is 0 Å². The molecule has 0 aliphatic carbocycles. The average Bonchev–Trinajstić information content (AvgIpc) is 3.17. The van der Waals surface area contributed by atoms with Crippen LogP contribution in [-0.4, -0.2) is 19.7 Å². The summed E-state index contributed by atoms with van der Waals surface area (Å²) < 4.78 is 2.10. The molecule has 0 atom stereocenters. The molecule has 6 heteroatoms. The third-order valence-corrected chi connectivity index (χ3v) is 5.67. The Hall–Kier alpha value is -2.63. The molecule has 2 heterocycles. The number of thioether (sulfide) groups is 1. The SMILES string of the molecule is CCc1ccc(-n2c(SCc3cccc(Cl)c3)nnc2-c2ccncc2)cc1. The largest absolute Gasteiger partial charge is 0.270 e. The van der Waals surface area contributed by atoms with E-state index in [1.165, 1.54) is 5.56 Å². The number of nitrogens with zero attached hydrogens (tertiary/aromatic N) is 4. The van der Waals surface area contributed by atoms with Gasteiger partial charge in [-0.2, -0.15) is 0 Å². The average molecular weight is 407 g/mol. The highest BCUT2D eigenvalue weighted by molar-refractivity contribution is 7.98. The van der Waals surface area contributed by atoms with Crippen molar-refractivity contribution in [1.29, 1.82) is 0 Å². The highest BCUT2D eigenvalue weighted by atomic mass is 35.5. The molecule has 0 spiro atoms. The molecule has 0 fully saturated rings. The van der Waals surface area contributed by atoms with E-state index < -0.39 is 0 Å². The van der Waals surface area contributed by atoms with Crippen LogP contribution < -0.4 is 0 Å². The molecule has 2 aromatic heterocycles. The van der Waals surface area contributed by atoms with Crippen molar-refractivity contribution in [3.05, 3.63) is 89.2 Å². The van der Waals surface area contributed by atoms with Crippen molar-refractivity contribution in [3.63, 3.8) is 0 Å². The third kappa shape index (κ3) is 4.11. The van der Waals surface area contributed by atoms with E-state index >= 15 is 0 Å². The summed E-state index contributed by atoms with van der Waals surface area (Å²) in [7, 11) is 0. The molecule has 0 aliphatic rings. The fourth-order valence-electron chi connectivity index (χ4n) is 2.94. The van der Waals surface area contributed by atoms with E-state index in [-0.39, 0.29) is 0 Å². The van der Waals surface area contributed by atoms with Gasteiger partial charge in [0, 0.05) is 34.4 Å². The first kappa shape index (κ1) is 18.7. The van der Waals surface area contributed by atoms with Crippen molar-refractivity contribution in [1.82, 2.24) is 19.7 Å². The Kier molecular flexibility index (Phi) is 5.74. The summed E-state index contributed by atoms with van der Waals surface area (Å²) in [6.07, 6.45) is 4.55. The summed E-state index contributed by atoms with van der Waals surface area (Å²) in [4.78, 5) is 4.11. The molecule has 0 saturated carbocycles. The van der Waals surface area contributed by atoms with Crippen LogP contribution >= 0.6 is 23.4 Å². The van der Waals surface area contributed by atoms with Gasteiger partial charge in [-0.15, -0.1) is 10.2 Å². The minimum absolute atomic E-state index is 0.743. The Morgan fingerprint density at radius 2 is 1.71 bits per heavy atom. The van der Waals surface area contributed by atoms with E-state index in [0.717, 1.165) is 45.0 Å². The molecular formula is C22H19ClN4S. The van der Waals surface area contributed by atoms with Gasteiger partial charge in [-0.1, -0.05) is 54.6 Å². The van der Waals surface area contributed by atoms with Crippen molar-refractivity contribution in [2.75, 3.05) is 0 Å². The Balaban J connectivity index is 1.72.